The maximum atomic E-state index is 11.9. The van der Waals surface area contributed by atoms with Crippen LogP contribution in [0.4, 0.5) is 0 Å². The zero-order valence-corrected chi connectivity index (χ0v) is 11.0. The highest BCUT2D eigenvalue weighted by atomic mass is 16.7. The second-order valence-electron chi connectivity index (χ2n) is 5.55. The molecule has 17 heavy (non-hydrogen) atoms. The lowest BCUT2D eigenvalue weighted by Gasteiger charge is -2.29. The minimum Gasteiger partial charge on any atom is -0.469 e. The van der Waals surface area contributed by atoms with Gasteiger partial charge in [0.15, 0.2) is 6.29 Å². The number of rotatable bonds is 5. The number of esters is 1. The molecule has 0 amide bonds. The van der Waals surface area contributed by atoms with E-state index in [4.69, 9.17) is 14.2 Å². The summed E-state index contributed by atoms with van der Waals surface area (Å²) in [7, 11) is 4.83. The summed E-state index contributed by atoms with van der Waals surface area (Å²) in [4.78, 5) is 11.9. The topological polar surface area (TPSA) is 44.8 Å². The van der Waals surface area contributed by atoms with Crippen LogP contribution in [-0.2, 0) is 19.0 Å². The molecular formula is C13H22O4. The number of fused-ring (bicyclic) bond motifs is 2. The molecule has 2 aliphatic rings. The van der Waals surface area contributed by atoms with Crippen LogP contribution in [0.5, 0.6) is 0 Å². The van der Waals surface area contributed by atoms with Gasteiger partial charge in [0, 0.05) is 20.6 Å². The average molecular weight is 242 g/mol. The Hall–Kier alpha value is -0.610. The Morgan fingerprint density at radius 2 is 1.71 bits per heavy atom. The molecule has 0 radical (unpaired) electrons. The van der Waals surface area contributed by atoms with Gasteiger partial charge >= 0.3 is 5.97 Å². The Kier molecular flexibility index (Phi) is 3.46. The molecule has 0 spiro atoms. The highest BCUT2D eigenvalue weighted by Gasteiger charge is 2.58. The highest BCUT2D eigenvalue weighted by molar-refractivity contribution is 5.77. The largest absolute Gasteiger partial charge is 0.469 e. The minimum absolute atomic E-state index is 0.0248. The third kappa shape index (κ3) is 2.08. The first-order valence-electron chi connectivity index (χ1n) is 6.24. The summed E-state index contributed by atoms with van der Waals surface area (Å²) in [6, 6.07) is 0. The van der Waals surface area contributed by atoms with Gasteiger partial charge < -0.3 is 14.2 Å². The molecule has 0 aromatic carbocycles. The van der Waals surface area contributed by atoms with Crippen molar-refractivity contribution in [2.45, 2.75) is 44.8 Å². The van der Waals surface area contributed by atoms with E-state index in [1.165, 1.54) is 7.11 Å². The van der Waals surface area contributed by atoms with Crippen LogP contribution in [0, 0.1) is 10.8 Å². The normalized spacial score (nSPS) is 35.5. The Labute approximate surface area is 103 Å². The molecular weight excluding hydrogens is 220 g/mol. The van der Waals surface area contributed by atoms with Crippen LogP contribution in [0.3, 0.4) is 0 Å². The van der Waals surface area contributed by atoms with Crippen LogP contribution in [-0.4, -0.2) is 33.6 Å². The molecule has 4 heteroatoms. The monoisotopic (exact) mass is 242 g/mol. The maximum absolute atomic E-state index is 11.9. The Bertz CT molecular complexity index is 288. The van der Waals surface area contributed by atoms with Crippen LogP contribution in [0.1, 0.15) is 38.5 Å². The fourth-order valence-corrected chi connectivity index (χ4v) is 3.72. The van der Waals surface area contributed by atoms with Crippen LogP contribution >= 0.6 is 0 Å². The van der Waals surface area contributed by atoms with Crippen molar-refractivity contribution in [3.63, 3.8) is 0 Å². The zero-order valence-electron chi connectivity index (χ0n) is 11.0. The molecule has 2 bridgehead atoms. The fourth-order valence-electron chi connectivity index (χ4n) is 3.72. The van der Waals surface area contributed by atoms with Crippen LogP contribution in [0.15, 0.2) is 0 Å². The van der Waals surface area contributed by atoms with Crippen LogP contribution in [0.25, 0.3) is 0 Å². The predicted octanol–water partition coefficient (Wildman–Crippen LogP) is 2.12. The van der Waals surface area contributed by atoms with Crippen molar-refractivity contribution in [3.8, 4) is 0 Å². The van der Waals surface area contributed by atoms with Crippen molar-refractivity contribution in [3.05, 3.63) is 0 Å². The van der Waals surface area contributed by atoms with Crippen molar-refractivity contribution in [1.82, 2.24) is 0 Å². The quantitative estimate of drug-likeness (QED) is 0.547. The Balaban J connectivity index is 2.05. The Morgan fingerprint density at radius 1 is 1.12 bits per heavy atom. The summed E-state index contributed by atoms with van der Waals surface area (Å²) in [5, 5.41) is 0. The number of ether oxygens (including phenoxy) is 3. The molecule has 4 nitrogen and oxygen atoms in total. The summed E-state index contributed by atoms with van der Waals surface area (Å²) in [6.07, 6.45) is 5.77. The first-order valence-corrected chi connectivity index (χ1v) is 6.24. The summed E-state index contributed by atoms with van der Waals surface area (Å²) in [6.45, 7) is 0. The van der Waals surface area contributed by atoms with Crippen molar-refractivity contribution in [2.24, 2.45) is 10.8 Å². The lowest BCUT2D eigenvalue weighted by molar-refractivity contribution is -0.152. The van der Waals surface area contributed by atoms with Crippen molar-refractivity contribution in [2.75, 3.05) is 21.3 Å². The van der Waals surface area contributed by atoms with E-state index < -0.39 is 0 Å². The molecule has 0 aliphatic heterocycles. The molecule has 0 heterocycles. The second kappa shape index (κ2) is 4.58. The van der Waals surface area contributed by atoms with Gasteiger partial charge in [-0.3, -0.25) is 4.79 Å². The molecule has 2 aliphatic carbocycles. The third-order valence-electron chi connectivity index (χ3n) is 4.73. The van der Waals surface area contributed by atoms with Gasteiger partial charge in [-0.25, -0.2) is 0 Å². The highest BCUT2D eigenvalue weighted by Crippen LogP contribution is 2.63. The summed E-state index contributed by atoms with van der Waals surface area (Å²) >= 11 is 0. The molecule has 2 rings (SSSR count). The predicted molar refractivity (Wildman–Crippen MR) is 62.4 cm³/mol. The SMILES string of the molecule is COC(=O)C12CCC(CC(OC)OC)(CC1)C2. The van der Waals surface area contributed by atoms with E-state index in [2.05, 4.69) is 0 Å². The van der Waals surface area contributed by atoms with E-state index in [9.17, 15) is 4.79 Å². The van der Waals surface area contributed by atoms with Gasteiger partial charge in [-0.15, -0.1) is 0 Å². The van der Waals surface area contributed by atoms with E-state index in [0.717, 1.165) is 38.5 Å². The van der Waals surface area contributed by atoms with E-state index in [0.29, 0.717) is 0 Å². The zero-order chi connectivity index (χ0) is 12.5. The maximum Gasteiger partial charge on any atom is 0.311 e. The van der Waals surface area contributed by atoms with E-state index in [-0.39, 0.29) is 23.1 Å². The van der Waals surface area contributed by atoms with E-state index in [1.54, 1.807) is 14.2 Å². The first kappa shape index (κ1) is 12.8. The molecule has 2 fully saturated rings. The van der Waals surface area contributed by atoms with E-state index >= 15 is 0 Å². The molecule has 0 N–H and O–H groups in total. The molecule has 0 atom stereocenters. The average Bonchev–Trinajstić information content (AvgIpc) is 2.92. The third-order valence-corrected chi connectivity index (χ3v) is 4.73. The molecule has 0 unspecified atom stereocenters. The van der Waals surface area contributed by atoms with Crippen LogP contribution in [0.2, 0.25) is 0 Å². The fraction of sp³-hybridized carbons (Fsp3) is 0.923. The Morgan fingerprint density at radius 3 is 2.18 bits per heavy atom. The number of carbonyl (C=O) groups excluding carboxylic acids is 1. The number of methoxy groups -OCH3 is 3. The minimum atomic E-state index is -0.208. The molecule has 98 valence electrons. The number of hydrogen-bond donors (Lipinski definition) is 0. The second-order valence-corrected chi connectivity index (χ2v) is 5.55. The van der Waals surface area contributed by atoms with Gasteiger partial charge in [0.2, 0.25) is 0 Å². The molecule has 2 saturated carbocycles. The summed E-state index contributed by atoms with van der Waals surface area (Å²) in [5.74, 6) is -0.0248. The number of carbonyl (C=O) groups is 1. The van der Waals surface area contributed by atoms with Gasteiger partial charge in [0.25, 0.3) is 0 Å². The van der Waals surface area contributed by atoms with Gasteiger partial charge in [-0.1, -0.05) is 0 Å². The van der Waals surface area contributed by atoms with Crippen LogP contribution < -0.4 is 0 Å². The van der Waals surface area contributed by atoms with Crippen molar-refractivity contribution in [1.29, 1.82) is 0 Å². The summed E-state index contributed by atoms with van der Waals surface area (Å²) in [5.41, 5.74) is 0.0195. The van der Waals surface area contributed by atoms with E-state index in [1.807, 2.05) is 0 Å². The van der Waals surface area contributed by atoms with Crippen molar-refractivity contribution < 1.29 is 19.0 Å². The van der Waals surface area contributed by atoms with Gasteiger partial charge in [-0.05, 0) is 37.5 Å². The lowest BCUT2D eigenvalue weighted by Crippen LogP contribution is -2.27. The van der Waals surface area contributed by atoms with Gasteiger partial charge in [0.05, 0.1) is 12.5 Å². The van der Waals surface area contributed by atoms with Gasteiger partial charge in [-0.2, -0.15) is 0 Å². The standard InChI is InChI=1S/C13H22O4/c1-15-10(16-2)8-12-4-6-13(9-12,7-5-12)11(14)17-3/h10H,4-9H2,1-3H3. The smallest absolute Gasteiger partial charge is 0.311 e. The lowest BCUT2D eigenvalue weighted by atomic mass is 9.80. The molecule has 0 aromatic rings. The van der Waals surface area contributed by atoms with Crippen molar-refractivity contribution >= 4 is 5.97 Å². The van der Waals surface area contributed by atoms with Gasteiger partial charge in [0.1, 0.15) is 0 Å². The first-order chi connectivity index (χ1) is 8.10. The molecule has 0 aromatic heterocycles. The molecule has 0 saturated heterocycles. The number of hydrogen-bond acceptors (Lipinski definition) is 4. The summed E-state index contributed by atoms with van der Waals surface area (Å²) < 4.78 is 15.5.